The van der Waals surface area contributed by atoms with E-state index >= 15 is 0 Å². The van der Waals surface area contributed by atoms with E-state index in [1.165, 1.54) is 41.4 Å². The molecule has 1 atom stereocenters. The van der Waals surface area contributed by atoms with Gasteiger partial charge in [0.15, 0.2) is 0 Å². The summed E-state index contributed by atoms with van der Waals surface area (Å²) in [6, 6.07) is 7.40. The van der Waals surface area contributed by atoms with Crippen LogP contribution in [0.1, 0.15) is 51.1 Å². The van der Waals surface area contributed by atoms with Gasteiger partial charge in [0.1, 0.15) is 0 Å². The Kier molecular flexibility index (Phi) is 4.68. The van der Waals surface area contributed by atoms with Gasteiger partial charge < -0.3 is 10.6 Å². The normalized spacial score (nSPS) is 16.7. The summed E-state index contributed by atoms with van der Waals surface area (Å²) in [4.78, 5) is 2.55. The minimum atomic E-state index is 0.0976. The summed E-state index contributed by atoms with van der Waals surface area (Å²) >= 11 is 3.71. The van der Waals surface area contributed by atoms with E-state index in [0.717, 1.165) is 12.6 Å². The molecule has 1 fully saturated rings. The van der Waals surface area contributed by atoms with Crippen molar-refractivity contribution in [3.8, 4) is 0 Å². The number of nitrogens with zero attached hydrogens (tertiary/aromatic N) is 1. The third-order valence-electron chi connectivity index (χ3n) is 3.55. The van der Waals surface area contributed by atoms with E-state index in [0.29, 0.717) is 0 Å². The molecule has 0 bridgehead atoms. The number of halogens is 1. The van der Waals surface area contributed by atoms with E-state index in [1.54, 1.807) is 0 Å². The van der Waals surface area contributed by atoms with Crippen LogP contribution in [0.3, 0.4) is 0 Å². The summed E-state index contributed by atoms with van der Waals surface area (Å²) in [7, 11) is 0. The minimum absolute atomic E-state index is 0.0976. The van der Waals surface area contributed by atoms with Crippen LogP contribution in [-0.4, -0.2) is 12.6 Å². The van der Waals surface area contributed by atoms with Gasteiger partial charge in [0.25, 0.3) is 0 Å². The SMILES string of the molecule is CCCCN(c1ccc(C(C)N)cc1Br)C1CC1. The number of hydrogen-bond acceptors (Lipinski definition) is 2. The van der Waals surface area contributed by atoms with Crippen molar-refractivity contribution >= 4 is 21.6 Å². The molecular weight excluding hydrogens is 288 g/mol. The highest BCUT2D eigenvalue weighted by Gasteiger charge is 2.29. The zero-order valence-electron chi connectivity index (χ0n) is 11.3. The van der Waals surface area contributed by atoms with E-state index in [1.807, 2.05) is 6.92 Å². The summed E-state index contributed by atoms with van der Waals surface area (Å²) in [5, 5.41) is 0. The molecule has 1 aliphatic rings. The summed E-state index contributed by atoms with van der Waals surface area (Å²) in [6.45, 7) is 5.44. The van der Waals surface area contributed by atoms with E-state index in [-0.39, 0.29) is 6.04 Å². The zero-order chi connectivity index (χ0) is 13.1. The van der Waals surface area contributed by atoms with Gasteiger partial charge in [-0.3, -0.25) is 0 Å². The standard InChI is InChI=1S/C15H23BrN2/c1-3-4-9-18(13-6-7-13)15-8-5-12(11(2)17)10-14(15)16/h5,8,10-11,13H,3-4,6-7,9,17H2,1-2H3. The number of rotatable bonds is 6. The van der Waals surface area contributed by atoms with Crippen LogP contribution in [0.25, 0.3) is 0 Å². The Morgan fingerprint density at radius 3 is 2.67 bits per heavy atom. The Balaban J connectivity index is 2.19. The smallest absolute Gasteiger partial charge is 0.0513 e. The Hall–Kier alpha value is -0.540. The lowest BCUT2D eigenvalue weighted by Gasteiger charge is -2.26. The van der Waals surface area contributed by atoms with Crippen molar-refractivity contribution in [2.75, 3.05) is 11.4 Å². The molecule has 0 heterocycles. The molecule has 2 rings (SSSR count). The van der Waals surface area contributed by atoms with Crippen LogP contribution in [0, 0.1) is 0 Å². The maximum atomic E-state index is 5.93. The summed E-state index contributed by atoms with van der Waals surface area (Å²) in [6.07, 6.45) is 5.19. The molecule has 2 N–H and O–H groups in total. The van der Waals surface area contributed by atoms with Crippen molar-refractivity contribution in [2.45, 2.75) is 51.6 Å². The first kappa shape index (κ1) is 13.9. The number of unbranched alkanes of at least 4 members (excludes halogenated alkanes) is 1. The number of benzene rings is 1. The largest absolute Gasteiger partial charge is 0.368 e. The lowest BCUT2D eigenvalue weighted by Crippen LogP contribution is -2.27. The van der Waals surface area contributed by atoms with Crippen LogP contribution in [0.4, 0.5) is 5.69 Å². The lowest BCUT2D eigenvalue weighted by atomic mass is 10.1. The predicted molar refractivity (Wildman–Crippen MR) is 82.0 cm³/mol. The van der Waals surface area contributed by atoms with E-state index in [9.17, 15) is 0 Å². The fourth-order valence-electron chi connectivity index (χ4n) is 2.25. The van der Waals surface area contributed by atoms with Gasteiger partial charge in [-0.25, -0.2) is 0 Å². The molecule has 0 spiro atoms. The van der Waals surface area contributed by atoms with Gasteiger partial charge in [-0.2, -0.15) is 0 Å². The minimum Gasteiger partial charge on any atom is -0.368 e. The quantitative estimate of drug-likeness (QED) is 0.851. The van der Waals surface area contributed by atoms with Gasteiger partial charge in [0, 0.05) is 23.1 Å². The Labute approximate surface area is 119 Å². The Morgan fingerprint density at radius 2 is 2.17 bits per heavy atom. The third-order valence-corrected chi connectivity index (χ3v) is 4.18. The van der Waals surface area contributed by atoms with E-state index < -0.39 is 0 Å². The number of anilines is 1. The molecule has 0 saturated heterocycles. The van der Waals surface area contributed by atoms with Crippen LogP contribution in [0.15, 0.2) is 22.7 Å². The second-order valence-corrected chi connectivity index (χ2v) is 6.13. The fourth-order valence-corrected chi connectivity index (χ4v) is 2.88. The van der Waals surface area contributed by atoms with E-state index in [2.05, 4.69) is 46.0 Å². The summed E-state index contributed by atoms with van der Waals surface area (Å²) < 4.78 is 1.18. The monoisotopic (exact) mass is 310 g/mol. The van der Waals surface area contributed by atoms with Crippen LogP contribution < -0.4 is 10.6 Å². The lowest BCUT2D eigenvalue weighted by molar-refractivity contribution is 0.711. The Bertz CT molecular complexity index is 399. The maximum absolute atomic E-state index is 5.93. The topological polar surface area (TPSA) is 29.3 Å². The van der Waals surface area contributed by atoms with Crippen LogP contribution in [0.5, 0.6) is 0 Å². The molecule has 18 heavy (non-hydrogen) atoms. The van der Waals surface area contributed by atoms with Crippen molar-refractivity contribution < 1.29 is 0 Å². The van der Waals surface area contributed by atoms with Gasteiger partial charge in [0.05, 0.1) is 5.69 Å². The number of hydrogen-bond donors (Lipinski definition) is 1. The molecule has 3 heteroatoms. The molecule has 0 radical (unpaired) electrons. The highest BCUT2D eigenvalue weighted by Crippen LogP contribution is 2.37. The zero-order valence-corrected chi connectivity index (χ0v) is 12.9. The molecule has 100 valence electrons. The fraction of sp³-hybridized carbons (Fsp3) is 0.600. The number of nitrogens with two attached hydrogens (primary N) is 1. The highest BCUT2D eigenvalue weighted by atomic mass is 79.9. The van der Waals surface area contributed by atoms with Crippen molar-refractivity contribution in [3.05, 3.63) is 28.2 Å². The summed E-state index contributed by atoms with van der Waals surface area (Å²) in [5.41, 5.74) is 8.45. The average molecular weight is 311 g/mol. The molecule has 0 aromatic heterocycles. The Morgan fingerprint density at radius 1 is 1.44 bits per heavy atom. The average Bonchev–Trinajstić information content (AvgIpc) is 3.15. The molecule has 0 aliphatic heterocycles. The van der Waals surface area contributed by atoms with Crippen molar-refractivity contribution in [1.29, 1.82) is 0 Å². The van der Waals surface area contributed by atoms with Gasteiger partial charge in [0.2, 0.25) is 0 Å². The second kappa shape index (κ2) is 6.07. The van der Waals surface area contributed by atoms with Gasteiger partial charge >= 0.3 is 0 Å². The van der Waals surface area contributed by atoms with Crippen molar-refractivity contribution in [2.24, 2.45) is 5.73 Å². The molecule has 1 aliphatic carbocycles. The van der Waals surface area contributed by atoms with Crippen LogP contribution in [0.2, 0.25) is 0 Å². The van der Waals surface area contributed by atoms with Crippen LogP contribution in [-0.2, 0) is 0 Å². The van der Waals surface area contributed by atoms with Gasteiger partial charge in [-0.05, 0) is 59.8 Å². The van der Waals surface area contributed by atoms with Gasteiger partial charge in [-0.15, -0.1) is 0 Å². The van der Waals surface area contributed by atoms with Crippen molar-refractivity contribution in [3.63, 3.8) is 0 Å². The highest BCUT2D eigenvalue weighted by molar-refractivity contribution is 9.10. The molecule has 1 saturated carbocycles. The van der Waals surface area contributed by atoms with Crippen molar-refractivity contribution in [1.82, 2.24) is 0 Å². The molecule has 1 aromatic rings. The summed E-state index contributed by atoms with van der Waals surface area (Å²) in [5.74, 6) is 0. The second-order valence-electron chi connectivity index (χ2n) is 5.28. The molecule has 2 nitrogen and oxygen atoms in total. The molecule has 1 aromatic carbocycles. The first-order valence-corrected chi connectivity index (χ1v) is 7.74. The van der Waals surface area contributed by atoms with Gasteiger partial charge in [-0.1, -0.05) is 19.4 Å². The first-order valence-electron chi connectivity index (χ1n) is 6.95. The van der Waals surface area contributed by atoms with Crippen LogP contribution >= 0.6 is 15.9 Å². The molecular formula is C15H23BrN2. The third kappa shape index (κ3) is 3.27. The molecule has 0 amide bonds. The predicted octanol–water partition coefficient (Wildman–Crippen LogP) is 4.24. The van der Waals surface area contributed by atoms with E-state index in [4.69, 9.17) is 5.73 Å². The molecule has 1 unspecified atom stereocenters. The first-order chi connectivity index (χ1) is 8.63. The maximum Gasteiger partial charge on any atom is 0.0513 e.